The van der Waals surface area contributed by atoms with Crippen LogP contribution in [-0.4, -0.2) is 50.8 Å². The van der Waals surface area contributed by atoms with Crippen molar-refractivity contribution in [2.75, 3.05) is 25.4 Å². The lowest BCUT2D eigenvalue weighted by Gasteiger charge is -2.17. The average molecular weight is 337 g/mol. The molecule has 2 fully saturated rings. The maximum Gasteiger partial charge on any atom is 0.223 e. The Labute approximate surface area is 137 Å². The average Bonchev–Trinajstić information content (AvgIpc) is 3.28. The molecule has 1 aliphatic carbocycles. The van der Waals surface area contributed by atoms with E-state index < -0.39 is 9.84 Å². The summed E-state index contributed by atoms with van der Waals surface area (Å²) in [5.41, 5.74) is 0. The molecule has 1 aromatic carbocycles. The minimum absolute atomic E-state index is 0.0343. The van der Waals surface area contributed by atoms with Crippen LogP contribution in [-0.2, 0) is 19.4 Å². The van der Waals surface area contributed by atoms with Crippen LogP contribution in [0.5, 0.6) is 0 Å². The van der Waals surface area contributed by atoms with Crippen molar-refractivity contribution >= 4 is 15.7 Å². The molecule has 126 valence electrons. The molecule has 6 heteroatoms. The van der Waals surface area contributed by atoms with Crippen LogP contribution < -0.4 is 0 Å². The number of likely N-dealkylation sites (tertiary alicyclic amines) is 1. The van der Waals surface area contributed by atoms with E-state index in [0.717, 1.165) is 18.9 Å². The highest BCUT2D eigenvalue weighted by molar-refractivity contribution is 7.91. The van der Waals surface area contributed by atoms with Gasteiger partial charge in [-0.3, -0.25) is 4.79 Å². The highest BCUT2D eigenvalue weighted by atomic mass is 32.2. The Hall–Kier alpha value is -1.40. The minimum atomic E-state index is -3.39. The van der Waals surface area contributed by atoms with Crippen LogP contribution in [0.1, 0.15) is 25.7 Å². The van der Waals surface area contributed by atoms with Gasteiger partial charge in [-0.05, 0) is 37.3 Å². The van der Waals surface area contributed by atoms with Gasteiger partial charge in [0.05, 0.1) is 16.8 Å². The van der Waals surface area contributed by atoms with Gasteiger partial charge in [-0.25, -0.2) is 8.42 Å². The Morgan fingerprint density at radius 2 is 1.91 bits per heavy atom. The lowest BCUT2D eigenvalue weighted by Crippen LogP contribution is -2.31. The molecular weight excluding hydrogens is 314 g/mol. The maximum absolute atomic E-state index is 12.2. The quantitative estimate of drug-likeness (QED) is 0.762. The van der Waals surface area contributed by atoms with Crippen LogP contribution >= 0.6 is 0 Å². The highest BCUT2D eigenvalue weighted by Crippen LogP contribution is 2.30. The molecule has 1 amide bonds. The van der Waals surface area contributed by atoms with Gasteiger partial charge in [0.2, 0.25) is 5.91 Å². The number of hydrogen-bond acceptors (Lipinski definition) is 4. The Morgan fingerprint density at radius 1 is 1.17 bits per heavy atom. The van der Waals surface area contributed by atoms with Crippen molar-refractivity contribution in [2.45, 2.75) is 36.7 Å². The normalized spacial score (nSPS) is 21.6. The van der Waals surface area contributed by atoms with Crippen LogP contribution in [0.3, 0.4) is 0 Å². The zero-order chi connectivity index (χ0) is 16.3. The second kappa shape index (κ2) is 7.01. The molecule has 1 unspecified atom stereocenters. The predicted molar refractivity (Wildman–Crippen MR) is 86.8 cm³/mol. The Bertz CT molecular complexity index is 640. The molecule has 2 aliphatic rings. The van der Waals surface area contributed by atoms with Crippen molar-refractivity contribution in [2.24, 2.45) is 5.92 Å². The number of hydrogen-bond donors (Lipinski definition) is 0. The first-order valence-corrected chi connectivity index (χ1v) is 9.87. The lowest BCUT2D eigenvalue weighted by atomic mass is 10.3. The largest absolute Gasteiger partial charge is 0.376 e. The zero-order valence-electron chi connectivity index (χ0n) is 13.2. The van der Waals surface area contributed by atoms with E-state index in [1.54, 1.807) is 35.2 Å². The minimum Gasteiger partial charge on any atom is -0.376 e. The molecular formula is C17H23NO4S. The molecule has 1 heterocycles. The lowest BCUT2D eigenvalue weighted by molar-refractivity contribution is -0.130. The summed E-state index contributed by atoms with van der Waals surface area (Å²) in [6, 6.07) is 8.29. The molecule has 0 bridgehead atoms. The monoisotopic (exact) mass is 337 g/mol. The van der Waals surface area contributed by atoms with Gasteiger partial charge >= 0.3 is 0 Å². The van der Waals surface area contributed by atoms with Crippen LogP contribution in [0.4, 0.5) is 0 Å². The van der Waals surface area contributed by atoms with E-state index in [9.17, 15) is 13.2 Å². The third-order valence-electron chi connectivity index (χ3n) is 4.45. The molecule has 1 saturated carbocycles. The fourth-order valence-electron chi connectivity index (χ4n) is 2.77. The molecule has 1 atom stereocenters. The topological polar surface area (TPSA) is 63.7 Å². The smallest absolute Gasteiger partial charge is 0.223 e. The molecule has 0 N–H and O–H groups in total. The number of amides is 1. The number of ether oxygens (including phenoxy) is 1. The molecule has 5 nitrogen and oxygen atoms in total. The fraction of sp³-hybridized carbons (Fsp3) is 0.588. The van der Waals surface area contributed by atoms with E-state index in [-0.39, 0.29) is 29.1 Å². The molecule has 3 rings (SSSR count). The second-order valence-corrected chi connectivity index (χ2v) is 8.52. The summed E-state index contributed by atoms with van der Waals surface area (Å²) in [6.45, 7) is 2.06. The van der Waals surface area contributed by atoms with Gasteiger partial charge in [0.1, 0.15) is 0 Å². The molecule has 1 saturated heterocycles. The summed E-state index contributed by atoms with van der Waals surface area (Å²) in [7, 11) is -3.39. The molecule has 0 spiro atoms. The molecule has 1 aromatic rings. The first-order valence-electron chi connectivity index (χ1n) is 8.22. The van der Waals surface area contributed by atoms with Gasteiger partial charge in [-0.1, -0.05) is 18.2 Å². The zero-order valence-corrected chi connectivity index (χ0v) is 14.0. The summed E-state index contributed by atoms with van der Waals surface area (Å²) < 4.78 is 30.2. The van der Waals surface area contributed by atoms with Gasteiger partial charge < -0.3 is 9.64 Å². The first-order chi connectivity index (χ1) is 11.0. The summed E-state index contributed by atoms with van der Waals surface area (Å²) in [4.78, 5) is 14.2. The Balaban J connectivity index is 1.46. The number of benzene rings is 1. The van der Waals surface area contributed by atoms with E-state index >= 15 is 0 Å². The van der Waals surface area contributed by atoms with Crippen molar-refractivity contribution in [1.29, 1.82) is 0 Å². The van der Waals surface area contributed by atoms with Gasteiger partial charge in [0.25, 0.3) is 0 Å². The maximum atomic E-state index is 12.2. The van der Waals surface area contributed by atoms with E-state index in [4.69, 9.17) is 4.74 Å². The van der Waals surface area contributed by atoms with Gasteiger partial charge in [0, 0.05) is 26.1 Å². The third kappa shape index (κ3) is 4.54. The van der Waals surface area contributed by atoms with Crippen LogP contribution in [0.2, 0.25) is 0 Å². The predicted octanol–water partition coefficient (Wildman–Crippen LogP) is 1.88. The van der Waals surface area contributed by atoms with Crippen molar-refractivity contribution in [1.82, 2.24) is 4.90 Å². The van der Waals surface area contributed by atoms with Crippen LogP contribution in [0.15, 0.2) is 35.2 Å². The number of sulfone groups is 1. The standard InChI is InChI=1S/C17H23NO4S/c19-17(9-11-23(20,21)16-4-2-1-3-5-16)18-10-8-15(12-18)22-13-14-6-7-14/h1-5,14-15H,6-13H2. The number of carbonyl (C=O) groups is 1. The number of carbonyl (C=O) groups excluding carboxylic acids is 1. The van der Waals surface area contributed by atoms with Crippen molar-refractivity contribution < 1.29 is 17.9 Å². The third-order valence-corrected chi connectivity index (χ3v) is 6.18. The van der Waals surface area contributed by atoms with Gasteiger partial charge in [-0.2, -0.15) is 0 Å². The van der Waals surface area contributed by atoms with Crippen LogP contribution in [0.25, 0.3) is 0 Å². The molecule has 1 aliphatic heterocycles. The van der Waals surface area contributed by atoms with Crippen molar-refractivity contribution in [3.05, 3.63) is 30.3 Å². The first kappa shape index (κ1) is 16.5. The summed E-state index contributed by atoms with van der Waals surface area (Å²) in [6.07, 6.45) is 3.51. The Morgan fingerprint density at radius 3 is 2.61 bits per heavy atom. The SMILES string of the molecule is O=C(CCS(=O)(=O)c1ccccc1)N1CCC(OCC2CC2)C1. The fourth-order valence-corrected chi connectivity index (χ4v) is 4.02. The van der Waals surface area contributed by atoms with E-state index in [1.165, 1.54) is 12.8 Å². The summed E-state index contributed by atoms with van der Waals surface area (Å²) >= 11 is 0. The molecule has 23 heavy (non-hydrogen) atoms. The van der Waals surface area contributed by atoms with Crippen molar-refractivity contribution in [3.8, 4) is 0 Å². The molecule has 0 radical (unpaired) electrons. The highest BCUT2D eigenvalue weighted by Gasteiger charge is 2.30. The van der Waals surface area contributed by atoms with E-state index in [0.29, 0.717) is 13.1 Å². The number of rotatable bonds is 7. The molecule has 0 aromatic heterocycles. The summed E-state index contributed by atoms with van der Waals surface area (Å²) in [5, 5.41) is 0. The van der Waals surface area contributed by atoms with E-state index in [2.05, 4.69) is 0 Å². The van der Waals surface area contributed by atoms with Crippen LogP contribution in [0, 0.1) is 5.92 Å². The van der Waals surface area contributed by atoms with E-state index in [1.807, 2.05) is 0 Å². The second-order valence-electron chi connectivity index (χ2n) is 6.41. The van der Waals surface area contributed by atoms with Crippen molar-refractivity contribution in [3.63, 3.8) is 0 Å². The Kier molecular flexibility index (Phi) is 5.02. The van der Waals surface area contributed by atoms with Gasteiger partial charge in [0.15, 0.2) is 9.84 Å². The van der Waals surface area contributed by atoms with Gasteiger partial charge in [-0.15, -0.1) is 0 Å². The number of nitrogens with zero attached hydrogens (tertiary/aromatic N) is 1. The summed E-state index contributed by atoms with van der Waals surface area (Å²) in [5.74, 6) is 0.484.